The van der Waals surface area contributed by atoms with Crippen molar-refractivity contribution in [3.05, 3.63) is 161 Å². The van der Waals surface area contributed by atoms with E-state index in [1.807, 2.05) is 42.5 Å². The second-order valence-corrected chi connectivity index (χ2v) is 19.9. The third-order valence-electron chi connectivity index (χ3n) is 10.8. The Kier molecular flexibility index (Phi) is 11.3. The van der Waals surface area contributed by atoms with Crippen LogP contribution in [0.4, 0.5) is 4.39 Å². The molecule has 57 heavy (non-hydrogen) atoms. The van der Waals surface area contributed by atoms with Gasteiger partial charge >= 0.3 is 0 Å². The van der Waals surface area contributed by atoms with Crippen LogP contribution in [0.3, 0.4) is 0 Å². The fourth-order valence-corrected chi connectivity index (χ4v) is 12.4. The molecule has 2 amide bonds. The molecule has 0 fully saturated rings. The highest BCUT2D eigenvalue weighted by atomic mass is 28.4. The molecule has 7 rings (SSSR count). The summed E-state index contributed by atoms with van der Waals surface area (Å²) in [6.45, 7) is 7.70. The normalized spacial score (nSPS) is 12.8. The summed E-state index contributed by atoms with van der Waals surface area (Å²) in [6, 6.07) is 36.7. The molecule has 2 heterocycles. The van der Waals surface area contributed by atoms with Crippen molar-refractivity contribution in [1.29, 1.82) is 0 Å². The lowest BCUT2D eigenvalue weighted by atomic mass is 9.94. The molecule has 0 N–H and O–H groups in total. The molecule has 1 aromatic heterocycles. The average molecular weight is 782 g/mol. The molecule has 0 aliphatic carbocycles. The van der Waals surface area contributed by atoms with Crippen LogP contribution in [0.5, 0.6) is 11.5 Å². The van der Waals surface area contributed by atoms with Crippen molar-refractivity contribution in [1.82, 2.24) is 14.8 Å². The molecule has 8 nitrogen and oxygen atoms in total. The molecular formula is C47H48FN3O5Si. The van der Waals surface area contributed by atoms with Gasteiger partial charge in [-0.1, -0.05) is 106 Å². The zero-order valence-electron chi connectivity index (χ0n) is 33.3. The minimum absolute atomic E-state index is 0.175. The number of likely N-dealkylation sites (N-methyl/N-ethyl adjacent to an activating group) is 1. The number of carbonyl (C=O) groups excluding carboxylic acids is 2. The number of fused-ring (bicyclic) bond motifs is 2. The molecule has 0 saturated heterocycles. The van der Waals surface area contributed by atoms with Crippen molar-refractivity contribution in [2.24, 2.45) is 0 Å². The zero-order valence-corrected chi connectivity index (χ0v) is 34.3. The van der Waals surface area contributed by atoms with E-state index in [4.69, 9.17) is 18.9 Å². The summed E-state index contributed by atoms with van der Waals surface area (Å²) < 4.78 is 32.8. The van der Waals surface area contributed by atoms with Gasteiger partial charge in [-0.05, 0) is 68.9 Å². The van der Waals surface area contributed by atoms with Gasteiger partial charge in [-0.2, -0.15) is 0 Å². The monoisotopic (exact) mass is 781 g/mol. The number of amides is 2. The van der Waals surface area contributed by atoms with Gasteiger partial charge in [0.1, 0.15) is 23.7 Å². The largest absolute Gasteiger partial charge is 0.497 e. The summed E-state index contributed by atoms with van der Waals surface area (Å²) in [7, 11) is 2.26. The van der Waals surface area contributed by atoms with Crippen molar-refractivity contribution >= 4 is 41.4 Å². The van der Waals surface area contributed by atoms with E-state index in [-0.39, 0.29) is 35.8 Å². The lowest BCUT2D eigenvalue weighted by Gasteiger charge is -2.43. The number of halogens is 1. The van der Waals surface area contributed by atoms with E-state index in [1.165, 1.54) is 12.1 Å². The van der Waals surface area contributed by atoms with Crippen molar-refractivity contribution in [2.45, 2.75) is 45.4 Å². The third-order valence-corrected chi connectivity index (χ3v) is 15.8. The van der Waals surface area contributed by atoms with Crippen molar-refractivity contribution in [3.8, 4) is 11.5 Å². The van der Waals surface area contributed by atoms with Gasteiger partial charge in [-0.15, -0.1) is 0 Å². The number of ether oxygens (including phenoxy) is 2. The molecule has 292 valence electrons. The van der Waals surface area contributed by atoms with Crippen LogP contribution in [0.2, 0.25) is 5.04 Å². The number of aromatic nitrogens is 1. The van der Waals surface area contributed by atoms with Crippen LogP contribution in [0.15, 0.2) is 121 Å². The summed E-state index contributed by atoms with van der Waals surface area (Å²) in [6.07, 6.45) is 2.20. The van der Waals surface area contributed by atoms with Gasteiger partial charge < -0.3 is 23.7 Å². The molecule has 5 aromatic carbocycles. The van der Waals surface area contributed by atoms with Crippen LogP contribution < -0.4 is 19.8 Å². The minimum Gasteiger partial charge on any atom is -0.497 e. The van der Waals surface area contributed by atoms with Crippen LogP contribution in [-0.4, -0.2) is 69.3 Å². The van der Waals surface area contributed by atoms with Gasteiger partial charge in [0.05, 0.1) is 24.8 Å². The number of methoxy groups -OCH3 is 1. The first-order chi connectivity index (χ1) is 27.4. The summed E-state index contributed by atoms with van der Waals surface area (Å²) in [5.41, 5.74) is 4.40. The highest BCUT2D eigenvalue weighted by molar-refractivity contribution is 6.99. The molecule has 0 spiro atoms. The molecule has 0 radical (unpaired) electrons. The van der Waals surface area contributed by atoms with E-state index in [9.17, 15) is 14.0 Å². The molecule has 10 heteroatoms. The van der Waals surface area contributed by atoms with Gasteiger partial charge in [0, 0.05) is 44.3 Å². The Hall–Kier alpha value is -5.84. The Labute approximate surface area is 335 Å². The highest BCUT2D eigenvalue weighted by Gasteiger charge is 2.50. The first-order valence-electron chi connectivity index (χ1n) is 19.1. The standard InChI is InChI=1S/C47H48FN3O5Si/c1-47(2,3)57(37-13-9-7-10-14-37,38-15-11-8-12-16-38)56-26-25-50(4)45(52)41-39-28-34(27-32-17-21-35(48)22-18-32)29-49-43(39)44(42-40(41)30-51(5)46(42)53)55-31-33-19-23-36(54-6)24-20-33/h7-24,28-29H,25-27,30-31H2,1-6H3. The smallest absolute Gasteiger partial charge is 0.261 e. The molecule has 0 atom stereocenters. The number of pyridine rings is 1. The van der Waals surface area contributed by atoms with Gasteiger partial charge in [0.25, 0.3) is 20.1 Å². The summed E-state index contributed by atoms with van der Waals surface area (Å²) in [5, 5.41) is 2.68. The summed E-state index contributed by atoms with van der Waals surface area (Å²) in [5.74, 6) is 0.274. The Bertz CT molecular complexity index is 2340. The van der Waals surface area contributed by atoms with E-state index in [0.717, 1.165) is 32.8 Å². The Morgan fingerprint density at radius 3 is 2.09 bits per heavy atom. The second-order valence-electron chi connectivity index (χ2n) is 15.6. The van der Waals surface area contributed by atoms with E-state index in [2.05, 4.69) is 69.3 Å². The topological polar surface area (TPSA) is 81.2 Å². The first-order valence-corrected chi connectivity index (χ1v) is 21.1. The maximum absolute atomic E-state index is 14.9. The van der Waals surface area contributed by atoms with Crippen molar-refractivity contribution in [2.75, 3.05) is 34.4 Å². The molecule has 0 unspecified atom stereocenters. The fourth-order valence-electron chi connectivity index (χ4n) is 7.89. The molecule has 0 saturated carbocycles. The lowest BCUT2D eigenvalue weighted by molar-refractivity contribution is 0.0768. The molecule has 1 aliphatic heterocycles. The predicted octanol–water partition coefficient (Wildman–Crippen LogP) is 7.79. The number of hydrogen-bond acceptors (Lipinski definition) is 6. The summed E-state index contributed by atoms with van der Waals surface area (Å²) >= 11 is 0. The van der Waals surface area contributed by atoms with Crippen molar-refractivity contribution < 1.29 is 27.9 Å². The molecule has 1 aliphatic rings. The SMILES string of the molecule is COc1ccc(COc2c3c(c(C(=O)N(C)CCO[Si](c4ccccc4)(c4ccccc4)C(C)(C)C)c4cc(Cc5ccc(F)cc5)cnc24)CN(C)C3=O)cc1. The number of hydrogen-bond donors (Lipinski definition) is 0. The van der Waals surface area contributed by atoms with Crippen LogP contribution >= 0.6 is 0 Å². The van der Waals surface area contributed by atoms with Crippen LogP contribution in [0, 0.1) is 5.82 Å². The minimum atomic E-state index is -2.85. The van der Waals surface area contributed by atoms with Gasteiger partial charge in [-0.25, -0.2) is 4.39 Å². The zero-order chi connectivity index (χ0) is 40.3. The second kappa shape index (κ2) is 16.3. The fraction of sp³-hybridized carbons (Fsp3) is 0.255. The average Bonchev–Trinajstić information content (AvgIpc) is 3.51. The number of rotatable bonds is 13. The number of carbonyl (C=O) groups is 2. The quantitative estimate of drug-likeness (QED) is 0.111. The maximum Gasteiger partial charge on any atom is 0.261 e. The first kappa shape index (κ1) is 39.4. The summed E-state index contributed by atoms with van der Waals surface area (Å²) in [4.78, 5) is 37.0. The Balaban J connectivity index is 1.27. The number of benzene rings is 5. The van der Waals surface area contributed by atoms with E-state index in [0.29, 0.717) is 52.9 Å². The van der Waals surface area contributed by atoms with E-state index < -0.39 is 8.32 Å². The highest BCUT2D eigenvalue weighted by Crippen LogP contribution is 2.42. The predicted molar refractivity (Wildman–Crippen MR) is 225 cm³/mol. The van der Waals surface area contributed by atoms with Crippen LogP contribution in [0.1, 0.15) is 63.7 Å². The maximum atomic E-state index is 14.9. The number of nitrogens with zero attached hydrogens (tertiary/aromatic N) is 3. The van der Waals surface area contributed by atoms with E-state index >= 15 is 0 Å². The third kappa shape index (κ3) is 7.79. The van der Waals surface area contributed by atoms with Gasteiger partial charge in [0.2, 0.25) is 0 Å². The Morgan fingerprint density at radius 2 is 1.49 bits per heavy atom. The van der Waals surface area contributed by atoms with Crippen molar-refractivity contribution in [3.63, 3.8) is 0 Å². The lowest BCUT2D eigenvalue weighted by Crippen LogP contribution is -2.67. The van der Waals surface area contributed by atoms with Crippen LogP contribution in [0.25, 0.3) is 10.9 Å². The molecule has 6 aromatic rings. The molecular weight excluding hydrogens is 734 g/mol. The molecule has 0 bridgehead atoms. The van der Waals surface area contributed by atoms with E-state index in [1.54, 1.807) is 49.3 Å². The van der Waals surface area contributed by atoms with Gasteiger partial charge in [0.15, 0.2) is 5.75 Å². The van der Waals surface area contributed by atoms with Gasteiger partial charge in [-0.3, -0.25) is 14.6 Å². The van der Waals surface area contributed by atoms with Crippen LogP contribution in [-0.2, 0) is 24.0 Å². The Morgan fingerprint density at radius 1 is 0.877 bits per heavy atom.